The number of nitrogens with zero attached hydrogens (tertiary/aromatic N) is 3. The highest BCUT2D eigenvalue weighted by atomic mass is 19.4. The van der Waals surface area contributed by atoms with Gasteiger partial charge in [-0.15, -0.1) is 0 Å². The molecular formula is C20H22F5N5O2. The zero-order valence-electron chi connectivity index (χ0n) is 17.4. The summed E-state index contributed by atoms with van der Waals surface area (Å²) in [7, 11) is 0. The quantitative estimate of drug-likeness (QED) is 0.689. The molecule has 1 fully saturated rings. The SMILES string of the molecule is Cc1cc2nc3n(c2cc1C)C(NC(=O)CCN1CCCC(F)(F)C1)(C(F)(F)F)C(=O)N3. The number of hydrogen-bond acceptors (Lipinski definition) is 4. The van der Waals surface area contributed by atoms with Gasteiger partial charge in [-0.2, -0.15) is 13.2 Å². The number of rotatable bonds is 4. The standard InChI is InChI=1S/C20H22F5N5O2/c1-11-8-13-14(9-12(11)2)30-17(26-13)27-16(32)19(30,20(23,24)25)28-15(31)4-7-29-6-3-5-18(21,22)10-29/h8-9H,3-7,10H2,1-2H3,(H,28,31)(H,26,27,32). The van der Waals surface area contributed by atoms with Gasteiger partial charge in [0.15, 0.2) is 0 Å². The van der Waals surface area contributed by atoms with Crippen molar-refractivity contribution >= 4 is 28.8 Å². The monoisotopic (exact) mass is 459 g/mol. The molecule has 0 aliphatic carbocycles. The van der Waals surface area contributed by atoms with Crippen LogP contribution in [0, 0.1) is 13.8 Å². The van der Waals surface area contributed by atoms with Gasteiger partial charge in [0.1, 0.15) is 0 Å². The molecule has 174 valence electrons. The summed E-state index contributed by atoms with van der Waals surface area (Å²) in [4.78, 5) is 30.5. The third-order valence-electron chi connectivity index (χ3n) is 6.02. The molecule has 1 saturated heterocycles. The van der Waals surface area contributed by atoms with Crippen molar-refractivity contribution in [2.24, 2.45) is 0 Å². The summed E-state index contributed by atoms with van der Waals surface area (Å²) < 4.78 is 70.8. The number of halogens is 5. The number of fused-ring (bicyclic) bond motifs is 3. The van der Waals surface area contributed by atoms with Crippen LogP contribution in [-0.4, -0.2) is 58.0 Å². The van der Waals surface area contributed by atoms with Crippen molar-refractivity contribution < 1.29 is 31.5 Å². The van der Waals surface area contributed by atoms with Gasteiger partial charge in [-0.25, -0.2) is 13.8 Å². The smallest absolute Gasteiger partial charge is 0.317 e. The van der Waals surface area contributed by atoms with Crippen LogP contribution in [0.5, 0.6) is 0 Å². The second-order valence-corrected chi connectivity index (χ2v) is 8.39. The van der Waals surface area contributed by atoms with Crippen LogP contribution in [0.25, 0.3) is 11.0 Å². The van der Waals surface area contributed by atoms with Crippen LogP contribution < -0.4 is 10.6 Å². The van der Waals surface area contributed by atoms with E-state index in [1.807, 2.05) is 5.32 Å². The Hall–Kier alpha value is -2.76. The fourth-order valence-corrected chi connectivity index (χ4v) is 4.25. The molecule has 4 rings (SSSR count). The molecule has 7 nitrogen and oxygen atoms in total. The van der Waals surface area contributed by atoms with Crippen molar-refractivity contribution in [1.29, 1.82) is 0 Å². The molecule has 2 aliphatic heterocycles. The topological polar surface area (TPSA) is 79.3 Å². The maximum Gasteiger partial charge on any atom is 0.440 e. The second kappa shape index (κ2) is 7.39. The summed E-state index contributed by atoms with van der Waals surface area (Å²) >= 11 is 0. The van der Waals surface area contributed by atoms with E-state index in [9.17, 15) is 31.5 Å². The number of carbonyl (C=O) groups excluding carboxylic acids is 2. The molecule has 2 aliphatic rings. The van der Waals surface area contributed by atoms with Crippen molar-refractivity contribution in [2.45, 2.75) is 50.9 Å². The molecule has 1 unspecified atom stereocenters. The van der Waals surface area contributed by atoms with E-state index in [4.69, 9.17) is 0 Å². The van der Waals surface area contributed by atoms with Crippen molar-refractivity contribution in [3.05, 3.63) is 23.3 Å². The van der Waals surface area contributed by atoms with Gasteiger partial charge in [0, 0.05) is 19.4 Å². The molecule has 1 aromatic heterocycles. The van der Waals surface area contributed by atoms with Gasteiger partial charge in [0.2, 0.25) is 11.9 Å². The Morgan fingerprint density at radius 1 is 1.25 bits per heavy atom. The first kappa shape index (κ1) is 22.4. The number of benzene rings is 1. The molecule has 2 aromatic rings. The molecule has 0 saturated carbocycles. The molecule has 1 aromatic carbocycles. The average molecular weight is 459 g/mol. The van der Waals surface area contributed by atoms with E-state index < -0.39 is 42.5 Å². The minimum Gasteiger partial charge on any atom is -0.317 e. The number of amides is 2. The first-order chi connectivity index (χ1) is 14.8. The number of likely N-dealkylation sites (tertiary alicyclic amines) is 1. The molecule has 0 spiro atoms. The molecular weight excluding hydrogens is 437 g/mol. The first-order valence-electron chi connectivity index (χ1n) is 10.1. The summed E-state index contributed by atoms with van der Waals surface area (Å²) in [6.45, 7) is 3.11. The fourth-order valence-electron chi connectivity index (χ4n) is 4.25. The highest BCUT2D eigenvalue weighted by molar-refractivity contribution is 6.05. The summed E-state index contributed by atoms with van der Waals surface area (Å²) in [5, 5.41) is 3.96. The van der Waals surface area contributed by atoms with Crippen LogP contribution in [-0.2, 0) is 15.3 Å². The number of anilines is 1. The first-order valence-corrected chi connectivity index (χ1v) is 10.1. The molecule has 2 N–H and O–H groups in total. The molecule has 12 heteroatoms. The Kier molecular flexibility index (Phi) is 5.18. The number of hydrogen-bond donors (Lipinski definition) is 2. The Morgan fingerprint density at radius 3 is 2.59 bits per heavy atom. The lowest BCUT2D eigenvalue weighted by Crippen LogP contribution is -2.63. The van der Waals surface area contributed by atoms with Gasteiger partial charge >= 0.3 is 6.18 Å². The lowest BCUT2D eigenvalue weighted by atomic mass is 10.1. The molecule has 3 heterocycles. The second-order valence-electron chi connectivity index (χ2n) is 8.39. The number of imidazole rings is 1. The fraction of sp³-hybridized carbons (Fsp3) is 0.550. The van der Waals surface area contributed by atoms with E-state index in [-0.39, 0.29) is 36.4 Å². The maximum atomic E-state index is 14.4. The van der Waals surface area contributed by atoms with Crippen LogP contribution in [0.2, 0.25) is 0 Å². The van der Waals surface area contributed by atoms with Gasteiger partial charge in [0.25, 0.3) is 17.5 Å². The number of carbonyl (C=O) groups is 2. The largest absolute Gasteiger partial charge is 0.440 e. The van der Waals surface area contributed by atoms with Crippen molar-refractivity contribution in [2.75, 3.05) is 25.0 Å². The highest BCUT2D eigenvalue weighted by Crippen LogP contribution is 2.44. The third-order valence-corrected chi connectivity index (χ3v) is 6.02. The van der Waals surface area contributed by atoms with E-state index in [0.717, 1.165) is 5.56 Å². The number of aryl methyl sites for hydroxylation is 2. The van der Waals surface area contributed by atoms with Crippen LogP contribution in [0.15, 0.2) is 12.1 Å². The summed E-state index contributed by atoms with van der Waals surface area (Å²) in [6.07, 6.45) is -5.70. The predicted octanol–water partition coefficient (Wildman–Crippen LogP) is 3.06. The summed E-state index contributed by atoms with van der Waals surface area (Å²) in [5.41, 5.74) is -1.62. The van der Waals surface area contributed by atoms with Gasteiger partial charge in [0.05, 0.1) is 17.6 Å². The number of aromatic nitrogens is 2. The lowest BCUT2D eigenvalue weighted by Gasteiger charge is -2.34. The van der Waals surface area contributed by atoms with Crippen LogP contribution in [0.1, 0.15) is 30.4 Å². The van der Waals surface area contributed by atoms with Crippen LogP contribution in [0.4, 0.5) is 27.9 Å². The van der Waals surface area contributed by atoms with E-state index in [1.165, 1.54) is 11.0 Å². The Bertz CT molecular complexity index is 1100. The minimum atomic E-state index is -5.19. The molecule has 0 radical (unpaired) electrons. The molecule has 2 amide bonds. The van der Waals surface area contributed by atoms with Gasteiger partial charge in [-0.05, 0) is 50.1 Å². The van der Waals surface area contributed by atoms with Crippen molar-refractivity contribution in [1.82, 2.24) is 19.8 Å². The van der Waals surface area contributed by atoms with Crippen LogP contribution >= 0.6 is 0 Å². The zero-order chi connectivity index (χ0) is 23.5. The lowest BCUT2D eigenvalue weighted by molar-refractivity contribution is -0.217. The van der Waals surface area contributed by atoms with E-state index in [2.05, 4.69) is 10.3 Å². The Morgan fingerprint density at radius 2 is 1.94 bits per heavy atom. The predicted molar refractivity (Wildman–Crippen MR) is 105 cm³/mol. The van der Waals surface area contributed by atoms with Crippen molar-refractivity contribution in [3.63, 3.8) is 0 Å². The molecule has 1 atom stereocenters. The molecule has 32 heavy (non-hydrogen) atoms. The zero-order valence-corrected chi connectivity index (χ0v) is 17.4. The summed E-state index contributed by atoms with van der Waals surface area (Å²) in [5.74, 6) is -5.79. The minimum absolute atomic E-state index is 0.0368. The van der Waals surface area contributed by atoms with Gasteiger partial charge in [-0.3, -0.25) is 24.4 Å². The third kappa shape index (κ3) is 3.59. The molecule has 0 bridgehead atoms. The van der Waals surface area contributed by atoms with Crippen LogP contribution in [0.3, 0.4) is 0 Å². The highest BCUT2D eigenvalue weighted by Gasteiger charge is 2.67. The van der Waals surface area contributed by atoms with E-state index >= 15 is 0 Å². The van der Waals surface area contributed by atoms with E-state index in [1.54, 1.807) is 19.9 Å². The number of piperidine rings is 1. The Balaban J connectivity index is 1.65. The number of nitrogens with one attached hydrogen (secondary N) is 2. The van der Waals surface area contributed by atoms with Gasteiger partial charge < -0.3 is 5.32 Å². The number of alkyl halides is 5. The normalized spacial score (nSPS) is 23.3. The van der Waals surface area contributed by atoms with Gasteiger partial charge in [-0.1, -0.05) is 0 Å². The van der Waals surface area contributed by atoms with E-state index in [0.29, 0.717) is 16.7 Å². The maximum absolute atomic E-state index is 14.4. The summed E-state index contributed by atoms with van der Waals surface area (Å²) in [6, 6.07) is 3.07. The average Bonchev–Trinajstić information content (AvgIpc) is 3.13. The van der Waals surface area contributed by atoms with Crippen molar-refractivity contribution in [3.8, 4) is 0 Å². The Labute approximate surface area is 179 Å².